The SMILES string of the molecule is COc1nccc(C)c1N1CCC(N2CN(Cc3ccccc3C3CC3)c3nn(C)cc3[C@H]2C)CC1. The third-order valence-electron chi connectivity index (χ3n) is 8.39. The fourth-order valence-electron chi connectivity index (χ4n) is 6.31. The second-order valence-corrected chi connectivity index (χ2v) is 10.8. The van der Waals surface area contributed by atoms with Gasteiger partial charge in [-0.1, -0.05) is 24.3 Å². The Balaban J connectivity index is 1.22. The van der Waals surface area contributed by atoms with Gasteiger partial charge < -0.3 is 14.5 Å². The Morgan fingerprint density at radius 1 is 1.03 bits per heavy atom. The molecule has 2 aromatic heterocycles. The number of benzene rings is 1. The Kier molecular flexibility index (Phi) is 6.12. The molecule has 3 aromatic rings. The first-order valence-corrected chi connectivity index (χ1v) is 13.4. The molecule has 0 N–H and O–H groups in total. The molecule has 1 saturated carbocycles. The van der Waals surface area contributed by atoms with E-state index in [2.05, 4.69) is 70.1 Å². The molecule has 2 fully saturated rings. The molecule has 4 heterocycles. The van der Waals surface area contributed by atoms with Gasteiger partial charge in [-0.3, -0.25) is 9.58 Å². The summed E-state index contributed by atoms with van der Waals surface area (Å²) in [6.45, 7) is 8.38. The highest BCUT2D eigenvalue weighted by atomic mass is 16.5. The topological polar surface area (TPSA) is 49.7 Å². The van der Waals surface area contributed by atoms with E-state index in [-0.39, 0.29) is 0 Å². The van der Waals surface area contributed by atoms with E-state index >= 15 is 0 Å². The van der Waals surface area contributed by atoms with Crippen LogP contribution in [0.25, 0.3) is 0 Å². The fourth-order valence-corrected chi connectivity index (χ4v) is 6.31. The molecule has 1 saturated heterocycles. The summed E-state index contributed by atoms with van der Waals surface area (Å²) in [4.78, 5) is 12.2. The minimum atomic E-state index is 0.356. The maximum Gasteiger partial charge on any atom is 0.237 e. The number of rotatable bonds is 6. The molecule has 36 heavy (non-hydrogen) atoms. The van der Waals surface area contributed by atoms with Crippen molar-refractivity contribution in [2.24, 2.45) is 7.05 Å². The third-order valence-corrected chi connectivity index (χ3v) is 8.39. The van der Waals surface area contributed by atoms with E-state index in [1.54, 1.807) is 7.11 Å². The number of ether oxygens (including phenoxy) is 1. The molecule has 0 unspecified atom stereocenters. The Morgan fingerprint density at radius 2 is 1.81 bits per heavy atom. The Bertz CT molecular complexity index is 1230. The number of pyridine rings is 1. The number of aromatic nitrogens is 3. The van der Waals surface area contributed by atoms with Gasteiger partial charge in [0.2, 0.25) is 5.88 Å². The largest absolute Gasteiger partial charge is 0.480 e. The summed E-state index contributed by atoms with van der Waals surface area (Å²) in [5.74, 6) is 2.64. The van der Waals surface area contributed by atoms with Gasteiger partial charge in [-0.05, 0) is 68.2 Å². The summed E-state index contributed by atoms with van der Waals surface area (Å²) in [5.41, 5.74) is 6.72. The van der Waals surface area contributed by atoms with Crippen molar-refractivity contribution in [2.75, 3.05) is 36.7 Å². The van der Waals surface area contributed by atoms with Crippen molar-refractivity contribution in [3.05, 3.63) is 65.0 Å². The molecule has 3 aliphatic rings. The van der Waals surface area contributed by atoms with Crippen molar-refractivity contribution in [1.82, 2.24) is 19.7 Å². The Morgan fingerprint density at radius 3 is 2.56 bits per heavy atom. The molecule has 0 bridgehead atoms. The number of hydrogen-bond donors (Lipinski definition) is 0. The van der Waals surface area contributed by atoms with Crippen LogP contribution in [0.5, 0.6) is 5.88 Å². The number of fused-ring (bicyclic) bond motifs is 1. The molecule has 7 heteroatoms. The molecule has 1 aromatic carbocycles. The van der Waals surface area contributed by atoms with E-state index in [4.69, 9.17) is 9.84 Å². The zero-order chi connectivity index (χ0) is 24.8. The second kappa shape index (κ2) is 9.43. The predicted octanol–water partition coefficient (Wildman–Crippen LogP) is 5.02. The van der Waals surface area contributed by atoms with Crippen molar-refractivity contribution < 1.29 is 4.74 Å². The normalized spacial score (nSPS) is 21.1. The van der Waals surface area contributed by atoms with Crippen LogP contribution in [0.2, 0.25) is 0 Å². The van der Waals surface area contributed by atoms with Crippen LogP contribution in [0, 0.1) is 6.92 Å². The number of anilines is 2. The lowest BCUT2D eigenvalue weighted by atomic mass is 9.97. The Hall–Kier alpha value is -3.06. The lowest BCUT2D eigenvalue weighted by molar-refractivity contribution is 0.113. The molecule has 0 spiro atoms. The predicted molar refractivity (Wildman–Crippen MR) is 144 cm³/mol. The Labute approximate surface area is 214 Å². The van der Waals surface area contributed by atoms with Gasteiger partial charge in [-0.25, -0.2) is 4.98 Å². The number of hydrogen-bond acceptors (Lipinski definition) is 6. The zero-order valence-electron chi connectivity index (χ0n) is 22.0. The van der Waals surface area contributed by atoms with E-state index < -0.39 is 0 Å². The smallest absolute Gasteiger partial charge is 0.237 e. The molecular formula is C29H38N6O. The fraction of sp³-hybridized carbons (Fsp3) is 0.517. The van der Waals surface area contributed by atoms with E-state index in [0.29, 0.717) is 12.1 Å². The number of aryl methyl sites for hydroxylation is 2. The first-order valence-electron chi connectivity index (χ1n) is 13.4. The minimum absolute atomic E-state index is 0.356. The average Bonchev–Trinajstić information content (AvgIpc) is 3.66. The molecule has 0 radical (unpaired) electrons. The van der Waals surface area contributed by atoms with Crippen LogP contribution in [0.15, 0.2) is 42.7 Å². The van der Waals surface area contributed by atoms with Gasteiger partial charge in [-0.2, -0.15) is 5.10 Å². The highest BCUT2D eigenvalue weighted by Crippen LogP contribution is 2.43. The molecule has 0 amide bonds. The van der Waals surface area contributed by atoms with Gasteiger partial charge in [0.05, 0.1) is 13.8 Å². The summed E-state index contributed by atoms with van der Waals surface area (Å²) < 4.78 is 7.59. The van der Waals surface area contributed by atoms with Gasteiger partial charge in [0, 0.05) is 56.7 Å². The van der Waals surface area contributed by atoms with Gasteiger partial charge >= 0.3 is 0 Å². The molecule has 6 rings (SSSR count). The summed E-state index contributed by atoms with van der Waals surface area (Å²) in [7, 11) is 3.77. The van der Waals surface area contributed by atoms with Gasteiger partial charge in [0.15, 0.2) is 5.82 Å². The van der Waals surface area contributed by atoms with Crippen molar-refractivity contribution >= 4 is 11.5 Å². The minimum Gasteiger partial charge on any atom is -0.480 e. The molecule has 2 aliphatic heterocycles. The van der Waals surface area contributed by atoms with Crippen LogP contribution >= 0.6 is 0 Å². The van der Waals surface area contributed by atoms with Crippen molar-refractivity contribution in [3.8, 4) is 5.88 Å². The van der Waals surface area contributed by atoms with Crippen molar-refractivity contribution in [2.45, 2.75) is 64.1 Å². The van der Waals surface area contributed by atoms with E-state index in [9.17, 15) is 0 Å². The maximum atomic E-state index is 5.60. The molecule has 190 valence electrons. The van der Waals surface area contributed by atoms with Crippen LogP contribution in [0.1, 0.15) is 66.8 Å². The monoisotopic (exact) mass is 486 g/mol. The van der Waals surface area contributed by atoms with Gasteiger partial charge in [0.1, 0.15) is 5.69 Å². The van der Waals surface area contributed by atoms with Crippen molar-refractivity contribution in [3.63, 3.8) is 0 Å². The summed E-state index contributed by atoms with van der Waals surface area (Å²) in [6, 6.07) is 12.0. The molecule has 1 atom stereocenters. The zero-order valence-corrected chi connectivity index (χ0v) is 22.0. The quantitative estimate of drug-likeness (QED) is 0.488. The third kappa shape index (κ3) is 4.23. The van der Waals surface area contributed by atoms with E-state index in [1.807, 2.05) is 17.9 Å². The van der Waals surface area contributed by atoms with Crippen molar-refractivity contribution in [1.29, 1.82) is 0 Å². The van der Waals surface area contributed by atoms with Gasteiger partial charge in [0.25, 0.3) is 0 Å². The first-order chi connectivity index (χ1) is 17.5. The van der Waals surface area contributed by atoms with Crippen LogP contribution in [0.3, 0.4) is 0 Å². The second-order valence-electron chi connectivity index (χ2n) is 10.8. The summed E-state index contributed by atoms with van der Waals surface area (Å²) in [5, 5.41) is 4.92. The number of methoxy groups -OCH3 is 1. The molecular weight excluding hydrogens is 448 g/mol. The lowest BCUT2D eigenvalue weighted by Gasteiger charge is -2.47. The lowest BCUT2D eigenvalue weighted by Crippen LogP contribution is -2.52. The first kappa shape index (κ1) is 23.3. The van der Waals surface area contributed by atoms with Crippen LogP contribution < -0.4 is 14.5 Å². The highest BCUT2D eigenvalue weighted by Gasteiger charge is 2.37. The van der Waals surface area contributed by atoms with E-state index in [0.717, 1.165) is 62.4 Å². The van der Waals surface area contributed by atoms with Gasteiger partial charge in [-0.15, -0.1) is 0 Å². The summed E-state index contributed by atoms with van der Waals surface area (Å²) in [6.07, 6.45) is 8.98. The number of nitrogens with zero attached hydrogens (tertiary/aromatic N) is 6. The number of piperidine rings is 1. The molecule has 1 aliphatic carbocycles. The average molecular weight is 487 g/mol. The van der Waals surface area contributed by atoms with Crippen LogP contribution in [0.4, 0.5) is 11.5 Å². The van der Waals surface area contributed by atoms with Crippen LogP contribution in [-0.2, 0) is 13.6 Å². The standard InChI is InChI=1S/C29H38N6O/c1-20-11-14-30-29(36-4)27(20)33-15-12-24(13-16-33)35-19-34(28-26(21(35)2)18-32(3)31-28)17-23-7-5-6-8-25(23)22-9-10-22/h5-8,11,14,18,21-22,24H,9-10,12-13,15-17,19H2,1-4H3/t21-/m1/s1. The van der Waals surface area contributed by atoms with E-state index in [1.165, 1.54) is 35.1 Å². The maximum absolute atomic E-state index is 5.60. The highest BCUT2D eigenvalue weighted by molar-refractivity contribution is 5.60. The molecule has 7 nitrogen and oxygen atoms in total. The van der Waals surface area contributed by atoms with Crippen LogP contribution in [-0.4, -0.2) is 52.6 Å². The summed E-state index contributed by atoms with van der Waals surface area (Å²) >= 11 is 0.